The van der Waals surface area contributed by atoms with Gasteiger partial charge in [0, 0.05) is 28.9 Å². The molecular weight excluding hydrogens is 360 g/mol. The molecule has 28 heavy (non-hydrogen) atoms. The number of amides is 1. The number of benzene rings is 2. The molecule has 0 bridgehead atoms. The summed E-state index contributed by atoms with van der Waals surface area (Å²) in [6.07, 6.45) is -0.617. The standard InChI is InChI=1S/C21H20N2O5/c1-13-9-20(25)28-19-10-17(7-8-18(13)19)23-21(26)27-12-15-3-5-16(6-4-15)22-11-14(2)24/h3-10,22H,11-12H2,1-2H3,(H,23,26). The predicted octanol–water partition coefficient (Wildman–Crippen LogP) is 3.85. The lowest BCUT2D eigenvalue weighted by atomic mass is 10.1. The van der Waals surface area contributed by atoms with Gasteiger partial charge in [0.1, 0.15) is 18.0 Å². The van der Waals surface area contributed by atoms with Crippen LogP contribution in [0.2, 0.25) is 0 Å². The first-order valence-electron chi connectivity index (χ1n) is 8.71. The minimum atomic E-state index is -0.617. The van der Waals surface area contributed by atoms with Crippen LogP contribution in [-0.2, 0) is 16.1 Å². The maximum absolute atomic E-state index is 12.0. The lowest BCUT2D eigenvalue weighted by molar-refractivity contribution is -0.115. The van der Waals surface area contributed by atoms with Crippen LogP contribution in [0.15, 0.2) is 57.7 Å². The summed E-state index contributed by atoms with van der Waals surface area (Å²) in [5.74, 6) is 0.0483. The molecule has 7 nitrogen and oxygen atoms in total. The van der Waals surface area contributed by atoms with Crippen molar-refractivity contribution >= 4 is 34.2 Å². The van der Waals surface area contributed by atoms with Gasteiger partial charge in [-0.05, 0) is 49.2 Å². The molecule has 0 unspecified atom stereocenters. The largest absolute Gasteiger partial charge is 0.444 e. The van der Waals surface area contributed by atoms with E-state index >= 15 is 0 Å². The zero-order valence-electron chi connectivity index (χ0n) is 15.6. The number of ketones is 1. The van der Waals surface area contributed by atoms with Gasteiger partial charge in [-0.1, -0.05) is 12.1 Å². The molecule has 0 saturated heterocycles. The van der Waals surface area contributed by atoms with Crippen LogP contribution < -0.4 is 16.3 Å². The molecular formula is C21H20N2O5. The number of hydrogen-bond donors (Lipinski definition) is 2. The van der Waals surface area contributed by atoms with Crippen molar-refractivity contribution < 1.29 is 18.7 Å². The van der Waals surface area contributed by atoms with Gasteiger partial charge in [0.05, 0.1) is 6.54 Å². The van der Waals surface area contributed by atoms with Crippen LogP contribution >= 0.6 is 0 Å². The summed E-state index contributed by atoms with van der Waals surface area (Å²) >= 11 is 0. The molecule has 1 amide bonds. The molecule has 0 aliphatic rings. The van der Waals surface area contributed by atoms with Gasteiger partial charge < -0.3 is 14.5 Å². The van der Waals surface area contributed by atoms with Gasteiger partial charge >= 0.3 is 11.7 Å². The lowest BCUT2D eigenvalue weighted by Gasteiger charge is -2.09. The number of ether oxygens (including phenoxy) is 1. The molecule has 0 radical (unpaired) electrons. The van der Waals surface area contributed by atoms with Gasteiger partial charge in [-0.25, -0.2) is 9.59 Å². The molecule has 3 aromatic rings. The fourth-order valence-electron chi connectivity index (χ4n) is 2.65. The van der Waals surface area contributed by atoms with Crippen molar-refractivity contribution in [3.8, 4) is 0 Å². The molecule has 0 fully saturated rings. The number of nitrogens with one attached hydrogen (secondary N) is 2. The second kappa shape index (κ2) is 8.39. The maximum atomic E-state index is 12.0. The number of fused-ring (bicyclic) bond motifs is 1. The van der Waals surface area contributed by atoms with E-state index in [2.05, 4.69) is 10.6 Å². The Labute approximate surface area is 161 Å². The minimum Gasteiger partial charge on any atom is -0.444 e. The first-order chi connectivity index (χ1) is 13.4. The molecule has 0 aliphatic heterocycles. The molecule has 1 heterocycles. The molecule has 0 aliphatic carbocycles. The van der Waals surface area contributed by atoms with Crippen molar-refractivity contribution in [2.45, 2.75) is 20.5 Å². The van der Waals surface area contributed by atoms with E-state index in [1.807, 2.05) is 31.2 Å². The summed E-state index contributed by atoms with van der Waals surface area (Å²) in [6, 6.07) is 13.7. The Balaban J connectivity index is 1.57. The average Bonchev–Trinajstić information content (AvgIpc) is 2.65. The number of aryl methyl sites for hydroxylation is 1. The van der Waals surface area contributed by atoms with E-state index in [0.717, 1.165) is 22.2 Å². The van der Waals surface area contributed by atoms with Gasteiger partial charge in [0.2, 0.25) is 0 Å². The Bertz CT molecular complexity index is 1070. The minimum absolute atomic E-state index is 0.0483. The molecule has 0 saturated carbocycles. The first-order valence-corrected chi connectivity index (χ1v) is 8.71. The van der Waals surface area contributed by atoms with Crippen molar-refractivity contribution in [3.05, 3.63) is 70.1 Å². The van der Waals surface area contributed by atoms with Crippen LogP contribution in [0, 0.1) is 6.92 Å². The quantitative estimate of drug-likeness (QED) is 0.631. The van der Waals surface area contributed by atoms with Crippen molar-refractivity contribution in [3.63, 3.8) is 0 Å². The average molecular weight is 380 g/mol. The Hall–Kier alpha value is -3.61. The van der Waals surface area contributed by atoms with Gasteiger partial charge in [0.25, 0.3) is 0 Å². The molecule has 1 aromatic heterocycles. The van der Waals surface area contributed by atoms with Crippen molar-refractivity contribution in [1.29, 1.82) is 0 Å². The summed E-state index contributed by atoms with van der Waals surface area (Å²) in [6.45, 7) is 3.70. The summed E-state index contributed by atoms with van der Waals surface area (Å²) in [5.41, 5.74) is 2.86. The topological polar surface area (TPSA) is 97.6 Å². The van der Waals surface area contributed by atoms with E-state index in [9.17, 15) is 14.4 Å². The Morgan fingerprint density at radius 2 is 1.75 bits per heavy atom. The molecule has 3 rings (SSSR count). The van der Waals surface area contributed by atoms with E-state index in [-0.39, 0.29) is 18.9 Å². The van der Waals surface area contributed by atoms with E-state index < -0.39 is 11.7 Å². The fourth-order valence-corrected chi connectivity index (χ4v) is 2.65. The molecule has 0 spiro atoms. The summed E-state index contributed by atoms with van der Waals surface area (Å²) < 4.78 is 10.4. The Kier molecular flexibility index (Phi) is 5.74. The number of hydrogen-bond acceptors (Lipinski definition) is 6. The summed E-state index contributed by atoms with van der Waals surface area (Å²) in [4.78, 5) is 34.5. The third kappa shape index (κ3) is 4.97. The zero-order valence-corrected chi connectivity index (χ0v) is 15.6. The fraction of sp³-hybridized carbons (Fsp3) is 0.190. The highest BCUT2D eigenvalue weighted by Crippen LogP contribution is 2.21. The number of anilines is 2. The van der Waals surface area contributed by atoms with E-state index in [0.29, 0.717) is 11.3 Å². The highest BCUT2D eigenvalue weighted by atomic mass is 16.5. The number of carbonyl (C=O) groups is 2. The number of rotatable bonds is 6. The highest BCUT2D eigenvalue weighted by Gasteiger charge is 2.07. The van der Waals surface area contributed by atoms with Crippen LogP contribution in [0.3, 0.4) is 0 Å². The summed E-state index contributed by atoms with van der Waals surface area (Å²) in [5, 5.41) is 6.41. The Morgan fingerprint density at radius 3 is 2.46 bits per heavy atom. The maximum Gasteiger partial charge on any atom is 0.411 e. The van der Waals surface area contributed by atoms with E-state index in [1.165, 1.54) is 13.0 Å². The third-order valence-corrected chi connectivity index (χ3v) is 4.06. The molecule has 144 valence electrons. The highest BCUT2D eigenvalue weighted by molar-refractivity contribution is 5.89. The first kappa shape index (κ1) is 19.2. The van der Waals surface area contributed by atoms with Gasteiger partial charge in [0.15, 0.2) is 0 Å². The number of Topliss-reactive ketones (excluding diaryl/α,β-unsaturated/α-hetero) is 1. The molecule has 0 atom stereocenters. The zero-order chi connectivity index (χ0) is 20.1. The van der Waals surface area contributed by atoms with Gasteiger partial charge in [-0.3, -0.25) is 10.1 Å². The van der Waals surface area contributed by atoms with Crippen LogP contribution in [0.25, 0.3) is 11.0 Å². The lowest BCUT2D eigenvalue weighted by Crippen LogP contribution is -2.13. The molecule has 2 aromatic carbocycles. The van der Waals surface area contributed by atoms with Crippen molar-refractivity contribution in [2.24, 2.45) is 0 Å². The van der Waals surface area contributed by atoms with Crippen molar-refractivity contribution in [1.82, 2.24) is 0 Å². The van der Waals surface area contributed by atoms with Crippen LogP contribution in [0.4, 0.5) is 16.2 Å². The second-order valence-corrected chi connectivity index (χ2v) is 6.41. The van der Waals surface area contributed by atoms with E-state index in [1.54, 1.807) is 18.2 Å². The van der Waals surface area contributed by atoms with Crippen LogP contribution in [0.5, 0.6) is 0 Å². The molecule has 7 heteroatoms. The van der Waals surface area contributed by atoms with Crippen molar-refractivity contribution in [2.75, 3.05) is 17.2 Å². The third-order valence-electron chi connectivity index (χ3n) is 4.06. The van der Waals surface area contributed by atoms with Crippen LogP contribution in [0.1, 0.15) is 18.1 Å². The molecule has 2 N–H and O–H groups in total. The number of carbonyl (C=O) groups excluding carboxylic acids is 2. The second-order valence-electron chi connectivity index (χ2n) is 6.41. The van der Waals surface area contributed by atoms with Gasteiger partial charge in [-0.15, -0.1) is 0 Å². The van der Waals surface area contributed by atoms with E-state index in [4.69, 9.17) is 9.15 Å². The smallest absolute Gasteiger partial charge is 0.411 e. The van der Waals surface area contributed by atoms with Gasteiger partial charge in [-0.2, -0.15) is 0 Å². The monoisotopic (exact) mass is 380 g/mol. The Morgan fingerprint density at radius 1 is 1.04 bits per heavy atom. The summed E-state index contributed by atoms with van der Waals surface area (Å²) in [7, 11) is 0. The SMILES string of the molecule is CC(=O)CNc1ccc(COC(=O)Nc2ccc3c(C)cc(=O)oc3c2)cc1. The van der Waals surface area contributed by atoms with Crippen LogP contribution in [-0.4, -0.2) is 18.4 Å². The predicted molar refractivity (Wildman–Crippen MR) is 107 cm³/mol. The normalized spacial score (nSPS) is 10.5.